The second-order valence-corrected chi connectivity index (χ2v) is 15.5. The quantitative estimate of drug-likeness (QED) is 0.0384. The van der Waals surface area contributed by atoms with Gasteiger partial charge >= 0.3 is 11.9 Å². The van der Waals surface area contributed by atoms with E-state index in [1.807, 2.05) is 0 Å². The Kier molecular flexibility index (Phi) is 42.4. The van der Waals surface area contributed by atoms with Gasteiger partial charge in [0.1, 0.15) is 6.61 Å². The predicted octanol–water partition coefficient (Wildman–Crippen LogP) is 14.6. The number of hydrogen-bond acceptors (Lipinski definition) is 5. The lowest BCUT2D eigenvalue weighted by Gasteiger charge is -2.15. The molecule has 0 heterocycles. The van der Waals surface area contributed by atoms with Crippen LogP contribution in [0.1, 0.15) is 245 Å². The number of allylic oxidation sites excluding steroid dienone is 4. The maximum Gasteiger partial charge on any atom is 0.306 e. The molecular formula is C47H88O5. The van der Waals surface area contributed by atoms with E-state index in [2.05, 4.69) is 38.2 Å². The molecule has 0 radical (unpaired) electrons. The van der Waals surface area contributed by atoms with E-state index in [9.17, 15) is 14.7 Å². The Bertz CT molecular complexity index is 791. The molecule has 0 amide bonds. The molecular weight excluding hydrogens is 645 g/mol. The number of carbonyl (C=O) groups is 2. The first-order valence-corrected chi connectivity index (χ1v) is 22.9. The lowest BCUT2D eigenvalue weighted by atomic mass is 10.0. The summed E-state index contributed by atoms with van der Waals surface area (Å²) in [6.45, 7) is 4.15. The maximum absolute atomic E-state index is 12.2. The minimum Gasteiger partial charge on any atom is -0.462 e. The number of unbranched alkanes of at least 4 members (excludes halogenated alkanes) is 30. The Hall–Kier alpha value is -1.62. The van der Waals surface area contributed by atoms with E-state index < -0.39 is 6.10 Å². The maximum atomic E-state index is 12.2. The van der Waals surface area contributed by atoms with Gasteiger partial charge in [-0.3, -0.25) is 9.59 Å². The molecule has 0 unspecified atom stereocenters. The van der Waals surface area contributed by atoms with Crippen LogP contribution in [0.3, 0.4) is 0 Å². The molecule has 0 rings (SSSR count). The molecule has 0 saturated heterocycles. The number of carbonyl (C=O) groups excluding carboxylic acids is 2. The third kappa shape index (κ3) is 41.1. The summed E-state index contributed by atoms with van der Waals surface area (Å²) in [4.78, 5) is 24.4. The van der Waals surface area contributed by atoms with Crippen molar-refractivity contribution >= 4 is 11.9 Å². The highest BCUT2D eigenvalue weighted by molar-refractivity contribution is 5.70. The lowest BCUT2D eigenvalue weighted by molar-refractivity contribution is -0.161. The first-order chi connectivity index (χ1) is 25.6. The van der Waals surface area contributed by atoms with Crippen LogP contribution in [0.2, 0.25) is 0 Å². The van der Waals surface area contributed by atoms with Crippen molar-refractivity contribution in [3.63, 3.8) is 0 Å². The third-order valence-electron chi connectivity index (χ3n) is 10.2. The summed E-state index contributed by atoms with van der Waals surface area (Å²) in [6, 6.07) is 0. The molecule has 0 aliphatic carbocycles. The van der Waals surface area contributed by atoms with E-state index in [-0.39, 0.29) is 25.2 Å². The van der Waals surface area contributed by atoms with Gasteiger partial charge in [-0.25, -0.2) is 0 Å². The van der Waals surface area contributed by atoms with Crippen molar-refractivity contribution in [2.75, 3.05) is 13.2 Å². The average Bonchev–Trinajstić information content (AvgIpc) is 3.15. The first kappa shape index (κ1) is 50.4. The minimum absolute atomic E-state index is 0.0642. The van der Waals surface area contributed by atoms with Crippen LogP contribution >= 0.6 is 0 Å². The Morgan fingerprint density at radius 2 is 0.712 bits per heavy atom. The van der Waals surface area contributed by atoms with Gasteiger partial charge in [0.05, 0.1) is 6.61 Å². The van der Waals surface area contributed by atoms with E-state index in [0.29, 0.717) is 12.8 Å². The topological polar surface area (TPSA) is 72.8 Å². The van der Waals surface area contributed by atoms with Crippen molar-refractivity contribution < 1.29 is 24.2 Å². The van der Waals surface area contributed by atoms with Crippen LogP contribution in [-0.4, -0.2) is 36.4 Å². The van der Waals surface area contributed by atoms with Crippen molar-refractivity contribution in [1.29, 1.82) is 0 Å². The molecule has 1 atom stereocenters. The number of aliphatic hydroxyl groups is 1. The Labute approximate surface area is 323 Å². The van der Waals surface area contributed by atoms with Crippen LogP contribution in [-0.2, 0) is 19.1 Å². The zero-order valence-electron chi connectivity index (χ0n) is 34.8. The number of esters is 2. The molecule has 5 nitrogen and oxygen atoms in total. The van der Waals surface area contributed by atoms with E-state index >= 15 is 0 Å². The van der Waals surface area contributed by atoms with Gasteiger partial charge in [0.15, 0.2) is 6.10 Å². The van der Waals surface area contributed by atoms with Gasteiger partial charge in [0.25, 0.3) is 0 Å². The largest absolute Gasteiger partial charge is 0.462 e. The summed E-state index contributed by atoms with van der Waals surface area (Å²) in [7, 11) is 0. The molecule has 0 aromatic rings. The zero-order valence-corrected chi connectivity index (χ0v) is 34.8. The summed E-state index contributed by atoms with van der Waals surface area (Å²) in [6.07, 6.45) is 52.5. The fraction of sp³-hybridized carbons (Fsp3) is 0.872. The van der Waals surface area contributed by atoms with Crippen LogP contribution in [0.4, 0.5) is 0 Å². The molecule has 0 fully saturated rings. The van der Waals surface area contributed by atoms with Crippen molar-refractivity contribution in [1.82, 2.24) is 0 Å². The molecule has 5 heteroatoms. The molecule has 0 bridgehead atoms. The first-order valence-electron chi connectivity index (χ1n) is 22.9. The smallest absolute Gasteiger partial charge is 0.306 e. The standard InChI is InChI=1S/C47H88O5/c1-3-5-7-9-11-13-15-17-19-21-22-23-24-26-27-29-31-33-35-37-39-41-46(49)51-44-45(43-48)52-47(50)42-40-38-36-34-32-30-28-25-20-18-16-14-12-10-8-6-4-2/h17-20,45,48H,3-16,21-44H2,1-2H3/t45-/m0/s1. The number of hydrogen-bond donors (Lipinski definition) is 1. The highest BCUT2D eigenvalue weighted by Crippen LogP contribution is 2.15. The second-order valence-electron chi connectivity index (χ2n) is 15.5. The van der Waals surface area contributed by atoms with E-state index in [4.69, 9.17) is 9.47 Å². The number of rotatable bonds is 42. The van der Waals surface area contributed by atoms with Gasteiger partial charge in [-0.05, 0) is 64.2 Å². The Morgan fingerprint density at radius 3 is 1.04 bits per heavy atom. The highest BCUT2D eigenvalue weighted by atomic mass is 16.6. The Balaban J connectivity index is 3.49. The molecule has 0 aromatic carbocycles. The van der Waals surface area contributed by atoms with Gasteiger partial charge in [0.2, 0.25) is 0 Å². The predicted molar refractivity (Wildman–Crippen MR) is 224 cm³/mol. The third-order valence-corrected chi connectivity index (χ3v) is 10.2. The van der Waals surface area contributed by atoms with E-state index in [1.165, 1.54) is 180 Å². The van der Waals surface area contributed by atoms with Gasteiger partial charge in [0, 0.05) is 12.8 Å². The normalized spacial score (nSPS) is 12.3. The minimum atomic E-state index is -0.771. The van der Waals surface area contributed by atoms with Crippen molar-refractivity contribution in [3.05, 3.63) is 24.3 Å². The van der Waals surface area contributed by atoms with Crippen LogP contribution in [0.25, 0.3) is 0 Å². The van der Waals surface area contributed by atoms with Gasteiger partial charge in [-0.1, -0.05) is 192 Å². The Morgan fingerprint density at radius 1 is 0.423 bits per heavy atom. The molecule has 1 N–H and O–H groups in total. The fourth-order valence-electron chi connectivity index (χ4n) is 6.72. The summed E-state index contributed by atoms with van der Waals surface area (Å²) < 4.78 is 10.6. The van der Waals surface area contributed by atoms with E-state index in [1.54, 1.807) is 0 Å². The van der Waals surface area contributed by atoms with Crippen molar-refractivity contribution in [3.8, 4) is 0 Å². The fourth-order valence-corrected chi connectivity index (χ4v) is 6.72. The van der Waals surface area contributed by atoms with Crippen LogP contribution in [0.15, 0.2) is 24.3 Å². The SMILES string of the molecule is CCCCCCCCC=CCCCCCCCCCCCCCC(=O)OC[C@H](CO)OC(=O)CCCCCCCCCC=CCCCCCCCC. The summed E-state index contributed by atoms with van der Waals surface area (Å²) >= 11 is 0. The molecule has 0 aliphatic heterocycles. The van der Waals surface area contributed by atoms with Crippen LogP contribution < -0.4 is 0 Å². The number of ether oxygens (including phenoxy) is 2. The average molecular weight is 733 g/mol. The zero-order chi connectivity index (χ0) is 37.8. The van der Waals surface area contributed by atoms with Crippen LogP contribution in [0.5, 0.6) is 0 Å². The molecule has 306 valence electrons. The summed E-state index contributed by atoms with van der Waals surface area (Å²) in [5, 5.41) is 9.59. The van der Waals surface area contributed by atoms with Gasteiger partial charge in [-0.2, -0.15) is 0 Å². The molecule has 0 aliphatic rings. The lowest BCUT2D eigenvalue weighted by Crippen LogP contribution is -2.28. The molecule has 0 aromatic heterocycles. The van der Waals surface area contributed by atoms with E-state index in [0.717, 1.165) is 38.5 Å². The second kappa shape index (κ2) is 43.8. The summed E-state index contributed by atoms with van der Waals surface area (Å²) in [5.74, 6) is -0.586. The van der Waals surface area contributed by atoms with Gasteiger partial charge in [-0.15, -0.1) is 0 Å². The molecule has 52 heavy (non-hydrogen) atoms. The van der Waals surface area contributed by atoms with Gasteiger partial charge < -0.3 is 14.6 Å². The van der Waals surface area contributed by atoms with Crippen molar-refractivity contribution in [2.24, 2.45) is 0 Å². The highest BCUT2D eigenvalue weighted by Gasteiger charge is 2.16. The summed E-state index contributed by atoms with van der Waals surface area (Å²) in [5.41, 5.74) is 0. The molecule has 0 saturated carbocycles. The number of aliphatic hydroxyl groups excluding tert-OH is 1. The van der Waals surface area contributed by atoms with Crippen molar-refractivity contribution in [2.45, 2.75) is 251 Å². The van der Waals surface area contributed by atoms with Crippen LogP contribution in [0, 0.1) is 0 Å². The molecule has 0 spiro atoms. The monoisotopic (exact) mass is 733 g/mol.